The van der Waals surface area contributed by atoms with Crippen molar-refractivity contribution < 1.29 is 19.1 Å². The van der Waals surface area contributed by atoms with Crippen molar-refractivity contribution in [1.29, 1.82) is 0 Å². The molecular formula is C25H29ClN2O4. The Morgan fingerprint density at radius 2 is 1.88 bits per heavy atom. The van der Waals surface area contributed by atoms with Crippen molar-refractivity contribution in [3.63, 3.8) is 0 Å². The Balaban J connectivity index is 1.45. The SMILES string of the molecule is CC(C(=O)NC1CCCC1)N(Cc1cccc(Cl)c1)C(=O)CCc1ccc2c(c1)OCO2. The molecular weight excluding hydrogens is 428 g/mol. The fraction of sp³-hybridized carbons (Fsp3) is 0.440. The molecule has 170 valence electrons. The number of rotatable bonds is 8. The summed E-state index contributed by atoms with van der Waals surface area (Å²) in [4.78, 5) is 27.9. The normalized spacial score (nSPS) is 16.1. The van der Waals surface area contributed by atoms with Crippen LogP contribution in [0.4, 0.5) is 0 Å². The van der Waals surface area contributed by atoms with Gasteiger partial charge in [-0.2, -0.15) is 0 Å². The zero-order chi connectivity index (χ0) is 22.5. The van der Waals surface area contributed by atoms with E-state index < -0.39 is 6.04 Å². The van der Waals surface area contributed by atoms with Gasteiger partial charge in [0.25, 0.3) is 0 Å². The largest absolute Gasteiger partial charge is 0.454 e. The van der Waals surface area contributed by atoms with E-state index in [9.17, 15) is 9.59 Å². The Kier molecular flexibility index (Phi) is 7.20. The van der Waals surface area contributed by atoms with Gasteiger partial charge in [0.15, 0.2) is 11.5 Å². The molecule has 1 aliphatic carbocycles. The Bertz CT molecular complexity index is 974. The summed E-state index contributed by atoms with van der Waals surface area (Å²) >= 11 is 6.15. The summed E-state index contributed by atoms with van der Waals surface area (Å²) < 4.78 is 10.8. The average Bonchev–Trinajstić information content (AvgIpc) is 3.47. The number of ether oxygens (including phenoxy) is 2. The molecule has 0 spiro atoms. The highest BCUT2D eigenvalue weighted by Gasteiger charge is 2.28. The first-order chi connectivity index (χ1) is 15.5. The van der Waals surface area contributed by atoms with E-state index in [4.69, 9.17) is 21.1 Å². The maximum Gasteiger partial charge on any atom is 0.242 e. The summed E-state index contributed by atoms with van der Waals surface area (Å²) in [5.74, 6) is 1.25. The monoisotopic (exact) mass is 456 g/mol. The van der Waals surface area contributed by atoms with Gasteiger partial charge in [-0.25, -0.2) is 0 Å². The third-order valence-electron chi connectivity index (χ3n) is 6.18. The summed E-state index contributed by atoms with van der Waals surface area (Å²) in [5, 5.41) is 3.73. The lowest BCUT2D eigenvalue weighted by Crippen LogP contribution is -2.49. The van der Waals surface area contributed by atoms with Gasteiger partial charge < -0.3 is 19.7 Å². The zero-order valence-corrected chi connectivity index (χ0v) is 19.1. The number of benzene rings is 2. The van der Waals surface area contributed by atoms with E-state index in [-0.39, 0.29) is 24.6 Å². The van der Waals surface area contributed by atoms with Crippen LogP contribution in [-0.4, -0.2) is 35.6 Å². The van der Waals surface area contributed by atoms with Gasteiger partial charge in [0, 0.05) is 24.0 Å². The molecule has 0 saturated heterocycles. The maximum absolute atomic E-state index is 13.3. The second-order valence-corrected chi connectivity index (χ2v) is 8.94. The minimum atomic E-state index is -0.571. The molecule has 6 nitrogen and oxygen atoms in total. The van der Waals surface area contributed by atoms with Crippen LogP contribution in [-0.2, 0) is 22.6 Å². The standard InChI is InChI=1S/C25H29ClN2O4/c1-17(25(30)27-21-7-2-3-8-21)28(15-19-5-4-6-20(26)13-19)24(29)12-10-18-9-11-22-23(14-18)32-16-31-22/h4-6,9,11,13-14,17,21H,2-3,7-8,10,12,15-16H2,1H3,(H,27,30). The van der Waals surface area contributed by atoms with Crippen molar-refractivity contribution in [2.75, 3.05) is 6.79 Å². The average molecular weight is 457 g/mol. The summed E-state index contributed by atoms with van der Waals surface area (Å²) in [6.07, 6.45) is 5.13. The van der Waals surface area contributed by atoms with E-state index in [2.05, 4.69) is 5.32 Å². The number of hydrogen-bond acceptors (Lipinski definition) is 4. The first kappa shape index (κ1) is 22.5. The van der Waals surface area contributed by atoms with E-state index in [1.165, 1.54) is 0 Å². The van der Waals surface area contributed by atoms with E-state index in [1.54, 1.807) is 17.9 Å². The number of hydrogen-bond donors (Lipinski definition) is 1. The van der Waals surface area contributed by atoms with Crippen molar-refractivity contribution in [3.05, 3.63) is 58.6 Å². The number of carbonyl (C=O) groups excluding carboxylic acids is 2. The van der Waals surface area contributed by atoms with Gasteiger partial charge in [0.1, 0.15) is 6.04 Å². The van der Waals surface area contributed by atoms with Gasteiger partial charge >= 0.3 is 0 Å². The van der Waals surface area contributed by atoms with E-state index in [0.29, 0.717) is 30.2 Å². The quantitative estimate of drug-likeness (QED) is 0.636. The molecule has 2 aliphatic rings. The van der Waals surface area contributed by atoms with Gasteiger partial charge in [0.05, 0.1) is 0 Å². The van der Waals surface area contributed by atoms with Crippen LogP contribution in [0, 0.1) is 0 Å². The molecule has 1 atom stereocenters. The zero-order valence-electron chi connectivity index (χ0n) is 18.3. The molecule has 32 heavy (non-hydrogen) atoms. The molecule has 0 radical (unpaired) electrons. The molecule has 0 bridgehead atoms. The number of fused-ring (bicyclic) bond motifs is 1. The second kappa shape index (κ2) is 10.3. The maximum atomic E-state index is 13.3. The van der Waals surface area contributed by atoms with Crippen LogP contribution in [0.15, 0.2) is 42.5 Å². The fourth-order valence-corrected chi connectivity index (χ4v) is 4.51. The van der Waals surface area contributed by atoms with Crippen LogP contribution in [0.1, 0.15) is 50.2 Å². The Hall–Kier alpha value is -2.73. The van der Waals surface area contributed by atoms with Crippen LogP contribution in [0.2, 0.25) is 5.02 Å². The topological polar surface area (TPSA) is 67.9 Å². The number of amides is 2. The van der Waals surface area contributed by atoms with E-state index in [1.807, 2.05) is 36.4 Å². The minimum Gasteiger partial charge on any atom is -0.454 e. The smallest absolute Gasteiger partial charge is 0.242 e. The molecule has 2 aromatic rings. The van der Waals surface area contributed by atoms with Gasteiger partial charge in [-0.1, -0.05) is 42.6 Å². The summed E-state index contributed by atoms with van der Waals surface area (Å²) in [6.45, 7) is 2.35. The van der Waals surface area contributed by atoms with Crippen LogP contribution in [0.5, 0.6) is 11.5 Å². The molecule has 1 saturated carbocycles. The van der Waals surface area contributed by atoms with Crippen LogP contribution >= 0.6 is 11.6 Å². The van der Waals surface area contributed by atoms with Crippen LogP contribution in [0.25, 0.3) is 0 Å². The molecule has 1 heterocycles. The van der Waals surface area contributed by atoms with E-state index in [0.717, 1.165) is 42.6 Å². The number of carbonyl (C=O) groups is 2. The molecule has 1 aliphatic heterocycles. The number of aryl methyl sites for hydroxylation is 1. The van der Waals surface area contributed by atoms with E-state index >= 15 is 0 Å². The summed E-state index contributed by atoms with van der Waals surface area (Å²) in [7, 11) is 0. The third kappa shape index (κ3) is 5.54. The lowest BCUT2D eigenvalue weighted by Gasteiger charge is -2.30. The van der Waals surface area contributed by atoms with Gasteiger partial charge in [0.2, 0.25) is 18.6 Å². The van der Waals surface area contributed by atoms with Gasteiger partial charge in [-0.3, -0.25) is 9.59 Å². The summed E-state index contributed by atoms with van der Waals surface area (Å²) in [6, 6.07) is 12.8. The summed E-state index contributed by atoms with van der Waals surface area (Å²) in [5.41, 5.74) is 1.89. The Morgan fingerprint density at radius 1 is 1.09 bits per heavy atom. The second-order valence-electron chi connectivity index (χ2n) is 8.51. The fourth-order valence-electron chi connectivity index (χ4n) is 4.30. The Labute approximate surface area is 193 Å². The van der Waals surface area contributed by atoms with Crippen molar-refractivity contribution in [2.45, 2.75) is 64.1 Å². The minimum absolute atomic E-state index is 0.0725. The van der Waals surface area contributed by atoms with Crippen LogP contribution < -0.4 is 14.8 Å². The van der Waals surface area contributed by atoms with Crippen molar-refractivity contribution in [2.24, 2.45) is 0 Å². The predicted molar refractivity (Wildman–Crippen MR) is 123 cm³/mol. The van der Waals surface area contributed by atoms with Crippen LogP contribution in [0.3, 0.4) is 0 Å². The van der Waals surface area contributed by atoms with Crippen molar-refractivity contribution in [3.8, 4) is 11.5 Å². The molecule has 1 fully saturated rings. The molecule has 2 aromatic carbocycles. The first-order valence-electron chi connectivity index (χ1n) is 11.2. The third-order valence-corrected chi connectivity index (χ3v) is 6.41. The molecule has 1 N–H and O–H groups in total. The highest BCUT2D eigenvalue weighted by atomic mass is 35.5. The van der Waals surface area contributed by atoms with Gasteiger partial charge in [-0.05, 0) is 61.6 Å². The number of halogens is 1. The highest BCUT2D eigenvalue weighted by Crippen LogP contribution is 2.33. The molecule has 2 amide bonds. The lowest BCUT2D eigenvalue weighted by atomic mass is 10.1. The number of nitrogens with zero attached hydrogens (tertiary/aromatic N) is 1. The number of nitrogens with one attached hydrogen (secondary N) is 1. The molecule has 7 heteroatoms. The predicted octanol–water partition coefficient (Wildman–Crippen LogP) is 4.48. The Morgan fingerprint density at radius 3 is 2.66 bits per heavy atom. The first-order valence-corrected chi connectivity index (χ1v) is 11.6. The molecule has 4 rings (SSSR count). The van der Waals surface area contributed by atoms with Gasteiger partial charge in [-0.15, -0.1) is 0 Å². The lowest BCUT2D eigenvalue weighted by molar-refractivity contribution is -0.140. The van der Waals surface area contributed by atoms with Crippen molar-refractivity contribution in [1.82, 2.24) is 10.2 Å². The van der Waals surface area contributed by atoms with Crippen molar-refractivity contribution >= 4 is 23.4 Å². The molecule has 1 unspecified atom stereocenters. The molecule has 0 aromatic heterocycles. The highest BCUT2D eigenvalue weighted by molar-refractivity contribution is 6.30.